The first-order valence-corrected chi connectivity index (χ1v) is 7.67. The van der Waals surface area contributed by atoms with Gasteiger partial charge in [0.05, 0.1) is 12.6 Å². The summed E-state index contributed by atoms with van der Waals surface area (Å²) in [6.07, 6.45) is 1.70. The number of fused-ring (bicyclic) bond motifs is 1. The van der Waals surface area contributed by atoms with E-state index in [-0.39, 0.29) is 24.5 Å². The fraction of sp³-hybridized carbons (Fsp3) is 0.500. The van der Waals surface area contributed by atoms with Crippen molar-refractivity contribution < 1.29 is 9.53 Å². The van der Waals surface area contributed by atoms with Gasteiger partial charge in [-0.2, -0.15) is 0 Å². The molecule has 1 amide bonds. The molecular formula is C16H24N4O2. The first-order valence-electron chi connectivity index (χ1n) is 7.67. The summed E-state index contributed by atoms with van der Waals surface area (Å²) in [5.41, 5.74) is 6.76. The van der Waals surface area contributed by atoms with E-state index in [9.17, 15) is 4.79 Å². The minimum absolute atomic E-state index is 0.0226. The number of carbonyl (C=O) groups is 1. The van der Waals surface area contributed by atoms with Crippen LogP contribution in [0.3, 0.4) is 0 Å². The summed E-state index contributed by atoms with van der Waals surface area (Å²) in [5.74, 6) is 0.994. The highest BCUT2D eigenvalue weighted by Gasteiger charge is 2.22. The SMILES string of the molecule is CCC(C)NC(N)=NCC(=O)NC1CCOc2ccccc21. The van der Waals surface area contributed by atoms with Crippen LogP contribution < -0.4 is 21.1 Å². The van der Waals surface area contributed by atoms with Gasteiger partial charge in [0.15, 0.2) is 5.96 Å². The minimum Gasteiger partial charge on any atom is -0.493 e. The average molecular weight is 304 g/mol. The number of rotatable bonds is 5. The van der Waals surface area contributed by atoms with Crippen LogP contribution in [0.15, 0.2) is 29.3 Å². The minimum atomic E-state index is -0.143. The second-order valence-corrected chi connectivity index (χ2v) is 5.45. The van der Waals surface area contributed by atoms with Gasteiger partial charge in [0.2, 0.25) is 5.91 Å². The Morgan fingerprint density at radius 3 is 3.05 bits per heavy atom. The second-order valence-electron chi connectivity index (χ2n) is 5.45. The number of para-hydroxylation sites is 1. The van der Waals surface area contributed by atoms with E-state index in [1.807, 2.05) is 31.2 Å². The molecule has 1 aromatic carbocycles. The Bertz CT molecular complexity index is 545. The molecule has 22 heavy (non-hydrogen) atoms. The van der Waals surface area contributed by atoms with Crippen molar-refractivity contribution >= 4 is 11.9 Å². The molecule has 1 aliphatic heterocycles. The molecule has 0 aromatic heterocycles. The number of aliphatic imine (C=N–C) groups is 1. The van der Waals surface area contributed by atoms with Crippen molar-refractivity contribution in [2.24, 2.45) is 10.7 Å². The lowest BCUT2D eigenvalue weighted by molar-refractivity contribution is -0.120. The highest BCUT2D eigenvalue weighted by molar-refractivity contribution is 5.84. The largest absolute Gasteiger partial charge is 0.493 e. The van der Waals surface area contributed by atoms with Crippen LogP contribution in [0.2, 0.25) is 0 Å². The zero-order valence-electron chi connectivity index (χ0n) is 13.1. The maximum atomic E-state index is 12.0. The Morgan fingerprint density at radius 1 is 1.50 bits per heavy atom. The van der Waals surface area contributed by atoms with Gasteiger partial charge in [0, 0.05) is 18.0 Å². The number of carbonyl (C=O) groups excluding carboxylic acids is 1. The predicted octanol–water partition coefficient (Wildman–Crippen LogP) is 1.33. The molecule has 120 valence electrons. The molecule has 2 rings (SSSR count). The standard InChI is InChI=1S/C16H24N4O2/c1-3-11(2)19-16(17)18-10-15(21)20-13-8-9-22-14-7-5-4-6-12(13)14/h4-7,11,13H,3,8-10H2,1-2H3,(H,20,21)(H3,17,18,19). The van der Waals surface area contributed by atoms with Crippen molar-refractivity contribution in [3.8, 4) is 5.75 Å². The van der Waals surface area contributed by atoms with Gasteiger partial charge >= 0.3 is 0 Å². The molecule has 1 aromatic rings. The third-order valence-electron chi connectivity index (χ3n) is 3.69. The van der Waals surface area contributed by atoms with E-state index in [0.717, 1.165) is 24.2 Å². The van der Waals surface area contributed by atoms with Crippen LogP contribution in [0, 0.1) is 0 Å². The number of guanidine groups is 1. The molecule has 0 saturated carbocycles. The van der Waals surface area contributed by atoms with Gasteiger partial charge < -0.3 is 21.1 Å². The third kappa shape index (κ3) is 4.38. The molecule has 6 nitrogen and oxygen atoms in total. The molecule has 0 saturated heterocycles. The fourth-order valence-corrected chi connectivity index (χ4v) is 2.29. The Balaban J connectivity index is 1.89. The number of hydrogen-bond acceptors (Lipinski definition) is 3. The Labute approximate surface area is 131 Å². The highest BCUT2D eigenvalue weighted by atomic mass is 16.5. The summed E-state index contributed by atoms with van der Waals surface area (Å²) < 4.78 is 5.58. The number of amides is 1. The smallest absolute Gasteiger partial charge is 0.242 e. The number of nitrogens with one attached hydrogen (secondary N) is 2. The van der Waals surface area contributed by atoms with E-state index in [0.29, 0.717) is 12.6 Å². The van der Waals surface area contributed by atoms with E-state index >= 15 is 0 Å². The van der Waals surface area contributed by atoms with Gasteiger partial charge in [-0.1, -0.05) is 25.1 Å². The summed E-state index contributed by atoms with van der Waals surface area (Å²) in [5, 5.41) is 6.02. The molecule has 0 radical (unpaired) electrons. The number of nitrogens with two attached hydrogens (primary N) is 1. The van der Waals surface area contributed by atoms with Gasteiger partial charge in [0.25, 0.3) is 0 Å². The Kier molecular flexibility index (Phi) is 5.63. The molecule has 6 heteroatoms. The van der Waals surface area contributed by atoms with Crippen LogP contribution in [-0.4, -0.2) is 31.1 Å². The van der Waals surface area contributed by atoms with Gasteiger partial charge in [-0.3, -0.25) is 4.79 Å². The van der Waals surface area contributed by atoms with Gasteiger partial charge in [-0.25, -0.2) is 4.99 Å². The number of hydrogen-bond donors (Lipinski definition) is 3. The molecule has 1 heterocycles. The fourth-order valence-electron chi connectivity index (χ4n) is 2.29. The van der Waals surface area contributed by atoms with Crippen molar-refractivity contribution in [1.82, 2.24) is 10.6 Å². The quantitative estimate of drug-likeness (QED) is 0.565. The lowest BCUT2D eigenvalue weighted by Gasteiger charge is -2.26. The van der Waals surface area contributed by atoms with Crippen LogP contribution in [0.4, 0.5) is 0 Å². The third-order valence-corrected chi connectivity index (χ3v) is 3.69. The first-order chi connectivity index (χ1) is 10.6. The molecule has 0 fully saturated rings. The molecule has 4 N–H and O–H groups in total. The van der Waals surface area contributed by atoms with Crippen LogP contribution in [0.1, 0.15) is 38.3 Å². The summed E-state index contributed by atoms with van der Waals surface area (Å²) >= 11 is 0. The van der Waals surface area contributed by atoms with Gasteiger partial charge in [-0.15, -0.1) is 0 Å². The maximum absolute atomic E-state index is 12.0. The lowest BCUT2D eigenvalue weighted by atomic mass is 10.0. The first kappa shape index (κ1) is 16.1. The van der Waals surface area contributed by atoms with Gasteiger partial charge in [0.1, 0.15) is 12.3 Å². The van der Waals surface area contributed by atoms with E-state index in [1.54, 1.807) is 0 Å². The van der Waals surface area contributed by atoms with Crippen LogP contribution in [0.25, 0.3) is 0 Å². The topological polar surface area (TPSA) is 88.7 Å². The van der Waals surface area contributed by atoms with Crippen LogP contribution in [-0.2, 0) is 4.79 Å². The number of ether oxygens (including phenoxy) is 1. The zero-order chi connectivity index (χ0) is 15.9. The van der Waals surface area contributed by atoms with Crippen molar-refractivity contribution in [2.45, 2.75) is 38.8 Å². The van der Waals surface area contributed by atoms with Crippen molar-refractivity contribution in [3.63, 3.8) is 0 Å². The van der Waals surface area contributed by atoms with Crippen molar-refractivity contribution in [1.29, 1.82) is 0 Å². The maximum Gasteiger partial charge on any atom is 0.242 e. The van der Waals surface area contributed by atoms with Crippen molar-refractivity contribution in [2.75, 3.05) is 13.2 Å². The monoisotopic (exact) mass is 304 g/mol. The highest BCUT2D eigenvalue weighted by Crippen LogP contribution is 2.31. The Morgan fingerprint density at radius 2 is 2.27 bits per heavy atom. The summed E-state index contributed by atoms with van der Waals surface area (Å²) in [6.45, 7) is 4.69. The molecule has 2 unspecified atom stereocenters. The number of nitrogens with zero attached hydrogens (tertiary/aromatic N) is 1. The summed E-state index contributed by atoms with van der Waals surface area (Å²) in [4.78, 5) is 16.1. The summed E-state index contributed by atoms with van der Waals surface area (Å²) in [6, 6.07) is 7.97. The van der Waals surface area contributed by atoms with Crippen molar-refractivity contribution in [3.05, 3.63) is 29.8 Å². The molecule has 1 aliphatic rings. The van der Waals surface area contributed by atoms with E-state index in [4.69, 9.17) is 10.5 Å². The second kappa shape index (κ2) is 7.68. The normalized spacial score (nSPS) is 18.8. The molecule has 0 aliphatic carbocycles. The van der Waals surface area contributed by atoms with E-state index < -0.39 is 0 Å². The molecule has 0 spiro atoms. The molecule has 0 bridgehead atoms. The summed E-state index contributed by atoms with van der Waals surface area (Å²) in [7, 11) is 0. The molecule has 2 atom stereocenters. The van der Waals surface area contributed by atoms with Crippen LogP contribution in [0.5, 0.6) is 5.75 Å². The lowest BCUT2D eigenvalue weighted by Crippen LogP contribution is -2.39. The zero-order valence-corrected chi connectivity index (χ0v) is 13.1. The number of benzene rings is 1. The molecular weight excluding hydrogens is 280 g/mol. The van der Waals surface area contributed by atoms with Crippen LogP contribution >= 0.6 is 0 Å². The average Bonchev–Trinajstić information content (AvgIpc) is 2.53. The van der Waals surface area contributed by atoms with E-state index in [2.05, 4.69) is 22.5 Å². The van der Waals surface area contributed by atoms with E-state index in [1.165, 1.54) is 0 Å². The predicted molar refractivity (Wildman–Crippen MR) is 86.8 cm³/mol. The Hall–Kier alpha value is -2.24. The van der Waals surface area contributed by atoms with Gasteiger partial charge in [-0.05, 0) is 19.4 Å².